The number of carbonyl (C=O) groups excluding carboxylic acids is 1. The monoisotopic (exact) mass is 371 g/mol. The summed E-state index contributed by atoms with van der Waals surface area (Å²) in [5.74, 6) is 0.390. The van der Waals surface area contributed by atoms with Crippen molar-refractivity contribution in [1.82, 2.24) is 9.71 Å². The molecule has 7 heteroatoms. The van der Waals surface area contributed by atoms with Crippen LogP contribution in [0.15, 0.2) is 47.1 Å². The fourth-order valence-corrected chi connectivity index (χ4v) is 2.48. The first kappa shape index (κ1) is 15.2. The summed E-state index contributed by atoms with van der Waals surface area (Å²) < 4.78 is 3.57. The fraction of sp³-hybridized carbons (Fsp3) is 0.0769. The maximum Gasteiger partial charge on any atom is 0.261 e. The van der Waals surface area contributed by atoms with Crippen LogP contribution < -0.4 is 10.0 Å². The van der Waals surface area contributed by atoms with Crippen molar-refractivity contribution in [3.63, 3.8) is 0 Å². The lowest BCUT2D eigenvalue weighted by Crippen LogP contribution is -2.17. The minimum absolute atomic E-state index is 0.121. The number of nitrogens with zero attached hydrogens (tertiary/aromatic N) is 1. The highest BCUT2D eigenvalue weighted by molar-refractivity contribution is 9.10. The maximum absolute atomic E-state index is 11.8. The molecular formula is C13H11BrClN3OS. The third-order valence-electron chi connectivity index (χ3n) is 2.36. The highest BCUT2D eigenvalue weighted by Gasteiger charge is 2.04. The second-order valence-electron chi connectivity index (χ2n) is 3.75. The average molecular weight is 373 g/mol. The highest BCUT2D eigenvalue weighted by Crippen LogP contribution is 2.24. The van der Waals surface area contributed by atoms with Gasteiger partial charge in [-0.3, -0.25) is 9.52 Å². The van der Waals surface area contributed by atoms with E-state index in [1.165, 1.54) is 11.9 Å². The minimum atomic E-state index is -0.121. The molecule has 0 spiro atoms. The van der Waals surface area contributed by atoms with Gasteiger partial charge in [0, 0.05) is 11.8 Å². The summed E-state index contributed by atoms with van der Waals surface area (Å²) in [6.45, 7) is 0. The number of amides is 1. The number of hydrogen-bond donors (Lipinski definition) is 2. The van der Waals surface area contributed by atoms with E-state index >= 15 is 0 Å². The first-order valence-corrected chi connectivity index (χ1v) is 7.84. The summed E-state index contributed by atoms with van der Waals surface area (Å²) in [6.07, 6.45) is 1.62. The van der Waals surface area contributed by atoms with Crippen LogP contribution in [0.4, 0.5) is 5.69 Å². The molecule has 2 N–H and O–H groups in total. The molecule has 2 aromatic rings. The van der Waals surface area contributed by atoms with Gasteiger partial charge in [0.25, 0.3) is 5.91 Å². The summed E-state index contributed by atoms with van der Waals surface area (Å²) in [5, 5.41) is 3.55. The number of carbonyl (C=O) groups is 1. The van der Waals surface area contributed by atoms with Crippen molar-refractivity contribution >= 4 is 51.1 Å². The van der Waals surface area contributed by atoms with E-state index in [0.717, 1.165) is 10.2 Å². The van der Waals surface area contributed by atoms with Crippen LogP contribution in [0, 0.1) is 0 Å². The lowest BCUT2D eigenvalue weighted by atomic mass is 10.2. The Kier molecular flexibility index (Phi) is 5.70. The first-order valence-electron chi connectivity index (χ1n) is 5.69. The van der Waals surface area contributed by atoms with Gasteiger partial charge in [-0.05, 0) is 46.1 Å². The van der Waals surface area contributed by atoms with Gasteiger partial charge in [0.2, 0.25) is 0 Å². The SMILES string of the molecule is O=C(NSCNc1cc(Cl)ncc1Br)c1ccccc1. The lowest BCUT2D eigenvalue weighted by molar-refractivity contribution is 0.0984. The van der Waals surface area contributed by atoms with Gasteiger partial charge in [0.15, 0.2) is 0 Å². The van der Waals surface area contributed by atoms with Crippen molar-refractivity contribution in [1.29, 1.82) is 0 Å². The fourth-order valence-electron chi connectivity index (χ4n) is 1.41. The Hall–Kier alpha value is -1.24. The van der Waals surface area contributed by atoms with Crippen LogP contribution in [0.1, 0.15) is 10.4 Å². The Balaban J connectivity index is 1.79. The van der Waals surface area contributed by atoms with Crippen molar-refractivity contribution in [3.05, 3.63) is 57.8 Å². The predicted octanol–water partition coefficient (Wildman–Crippen LogP) is 3.95. The molecular weight excluding hydrogens is 362 g/mol. The minimum Gasteiger partial charge on any atom is -0.373 e. The van der Waals surface area contributed by atoms with Gasteiger partial charge in [0.1, 0.15) is 5.15 Å². The van der Waals surface area contributed by atoms with E-state index < -0.39 is 0 Å². The second-order valence-corrected chi connectivity index (χ2v) is 5.77. The average Bonchev–Trinajstić information content (AvgIpc) is 2.47. The summed E-state index contributed by atoms with van der Waals surface area (Å²) >= 11 is 10.5. The highest BCUT2D eigenvalue weighted by atomic mass is 79.9. The second kappa shape index (κ2) is 7.52. The van der Waals surface area contributed by atoms with Gasteiger partial charge in [-0.1, -0.05) is 29.8 Å². The molecule has 1 aromatic carbocycles. The molecule has 0 saturated carbocycles. The number of halogens is 2. The Bertz CT molecular complexity index is 597. The van der Waals surface area contributed by atoms with Crippen LogP contribution in [-0.2, 0) is 0 Å². The van der Waals surface area contributed by atoms with Crippen LogP contribution in [0.3, 0.4) is 0 Å². The molecule has 1 aromatic heterocycles. The zero-order valence-corrected chi connectivity index (χ0v) is 13.4. The van der Waals surface area contributed by atoms with Crippen molar-refractivity contribution < 1.29 is 4.79 Å². The van der Waals surface area contributed by atoms with E-state index in [2.05, 4.69) is 31.0 Å². The van der Waals surface area contributed by atoms with E-state index in [1.807, 2.05) is 18.2 Å². The van der Waals surface area contributed by atoms with Gasteiger partial charge in [-0.2, -0.15) is 0 Å². The van der Waals surface area contributed by atoms with E-state index in [0.29, 0.717) is 16.6 Å². The molecule has 20 heavy (non-hydrogen) atoms. The number of rotatable bonds is 5. The van der Waals surface area contributed by atoms with Crippen molar-refractivity contribution in [2.75, 3.05) is 11.2 Å². The van der Waals surface area contributed by atoms with Gasteiger partial charge in [-0.25, -0.2) is 4.98 Å². The molecule has 0 atom stereocenters. The van der Waals surface area contributed by atoms with Crippen molar-refractivity contribution in [3.8, 4) is 0 Å². The van der Waals surface area contributed by atoms with Gasteiger partial charge >= 0.3 is 0 Å². The van der Waals surface area contributed by atoms with Crippen LogP contribution >= 0.6 is 39.5 Å². The predicted molar refractivity (Wildman–Crippen MR) is 86.9 cm³/mol. The van der Waals surface area contributed by atoms with Crippen LogP contribution in [0.2, 0.25) is 5.15 Å². The molecule has 1 amide bonds. The molecule has 0 bridgehead atoms. The number of pyridine rings is 1. The Morgan fingerprint density at radius 2 is 2.10 bits per heavy atom. The zero-order chi connectivity index (χ0) is 14.4. The molecule has 104 valence electrons. The summed E-state index contributed by atoms with van der Waals surface area (Å²) in [6, 6.07) is 10.8. The van der Waals surface area contributed by atoms with Crippen molar-refractivity contribution in [2.24, 2.45) is 0 Å². The molecule has 0 aliphatic rings. The Labute approximate surface area is 134 Å². The van der Waals surface area contributed by atoms with Crippen molar-refractivity contribution in [2.45, 2.75) is 0 Å². The topological polar surface area (TPSA) is 54.0 Å². The van der Waals surface area contributed by atoms with E-state index in [-0.39, 0.29) is 5.91 Å². The molecule has 1 heterocycles. The van der Waals surface area contributed by atoms with E-state index in [9.17, 15) is 4.79 Å². The van der Waals surface area contributed by atoms with Crippen LogP contribution in [-0.4, -0.2) is 16.8 Å². The quantitative estimate of drug-likeness (QED) is 0.361. The first-order chi connectivity index (χ1) is 9.66. The summed E-state index contributed by atoms with van der Waals surface area (Å²) in [4.78, 5) is 15.7. The summed E-state index contributed by atoms with van der Waals surface area (Å²) in [5.41, 5.74) is 1.46. The Morgan fingerprint density at radius 1 is 1.35 bits per heavy atom. The normalized spacial score (nSPS) is 10.1. The van der Waals surface area contributed by atoms with Gasteiger partial charge in [0.05, 0.1) is 16.0 Å². The molecule has 0 radical (unpaired) electrons. The number of nitrogens with one attached hydrogen (secondary N) is 2. The molecule has 0 saturated heterocycles. The van der Waals surface area contributed by atoms with Crippen LogP contribution in [0.5, 0.6) is 0 Å². The number of aromatic nitrogens is 1. The molecule has 0 fully saturated rings. The van der Waals surface area contributed by atoms with Crippen LogP contribution in [0.25, 0.3) is 0 Å². The molecule has 0 unspecified atom stereocenters. The lowest BCUT2D eigenvalue weighted by Gasteiger charge is -2.09. The van der Waals surface area contributed by atoms with Gasteiger partial charge < -0.3 is 5.32 Å². The largest absolute Gasteiger partial charge is 0.373 e. The number of anilines is 1. The Morgan fingerprint density at radius 3 is 2.85 bits per heavy atom. The third-order valence-corrected chi connectivity index (χ3v) is 3.81. The van der Waals surface area contributed by atoms with E-state index in [4.69, 9.17) is 11.6 Å². The third kappa shape index (κ3) is 4.40. The standard InChI is InChI=1S/C13H11BrClN3OS/c14-10-7-16-12(15)6-11(10)17-8-20-18-13(19)9-4-2-1-3-5-9/h1-7H,8H2,(H,16,17)(H,18,19). The molecule has 2 rings (SSSR count). The molecule has 0 aliphatic carbocycles. The van der Waals surface area contributed by atoms with Gasteiger partial charge in [-0.15, -0.1) is 0 Å². The summed E-state index contributed by atoms with van der Waals surface area (Å²) in [7, 11) is 0. The molecule has 0 aliphatic heterocycles. The zero-order valence-electron chi connectivity index (χ0n) is 10.3. The van der Waals surface area contributed by atoms with E-state index in [1.54, 1.807) is 24.4 Å². The maximum atomic E-state index is 11.8. The number of hydrogen-bond acceptors (Lipinski definition) is 4. The molecule has 4 nitrogen and oxygen atoms in total. The smallest absolute Gasteiger partial charge is 0.261 e. The number of benzene rings is 1.